The molecule has 1 unspecified atom stereocenters. The van der Waals surface area contributed by atoms with Crippen LogP contribution >= 0.6 is 0 Å². The second-order valence-electron chi connectivity index (χ2n) is 6.64. The monoisotopic (exact) mass is 314 g/mol. The summed E-state index contributed by atoms with van der Waals surface area (Å²) < 4.78 is 0. The summed E-state index contributed by atoms with van der Waals surface area (Å²) in [7, 11) is 0. The number of ketones is 2. The van der Waals surface area contributed by atoms with Crippen LogP contribution in [-0.2, 0) is 9.59 Å². The van der Waals surface area contributed by atoms with Crippen LogP contribution in [0, 0.1) is 11.3 Å². The van der Waals surface area contributed by atoms with Crippen LogP contribution in [0.25, 0.3) is 0 Å². The minimum absolute atomic E-state index is 0.0274. The number of carbonyl (C=O) groups excluding carboxylic acids is 3. The van der Waals surface area contributed by atoms with E-state index in [1.165, 1.54) is 0 Å². The molecule has 0 radical (unpaired) electrons. The van der Waals surface area contributed by atoms with Crippen LogP contribution in [0.5, 0.6) is 0 Å². The Bertz CT molecular complexity index is 646. The number of rotatable bonds is 5. The molecular weight excluding hydrogens is 294 g/mol. The van der Waals surface area contributed by atoms with Crippen molar-refractivity contribution in [2.75, 3.05) is 6.54 Å². The zero-order chi connectivity index (χ0) is 17.0. The lowest BCUT2D eigenvalue weighted by atomic mass is 9.69. The van der Waals surface area contributed by atoms with E-state index in [0.29, 0.717) is 24.1 Å². The number of Topliss-reactive ketones (excluding diaryl/α,β-unsaturated/α-hetero) is 2. The molecule has 2 rings (SSSR count). The van der Waals surface area contributed by atoms with Crippen molar-refractivity contribution < 1.29 is 19.5 Å². The average molecular weight is 314 g/mol. The standard InChI is InChI=1S/C18H21NO4/c1-18(2)10-13(19-9-8-15(21)22)16(14(20)11-18)17(23)12-6-4-3-5-7-12/h3-7,16H,8-11H2,1-2H3,(H,21,22)/p-1. The summed E-state index contributed by atoms with van der Waals surface area (Å²) >= 11 is 0. The van der Waals surface area contributed by atoms with Gasteiger partial charge in [-0.3, -0.25) is 14.6 Å². The van der Waals surface area contributed by atoms with Gasteiger partial charge in [0.1, 0.15) is 11.7 Å². The number of carbonyl (C=O) groups is 3. The summed E-state index contributed by atoms with van der Waals surface area (Å²) in [6, 6.07) is 8.65. The molecule has 5 nitrogen and oxygen atoms in total. The Hall–Kier alpha value is -2.30. The number of hydrogen-bond acceptors (Lipinski definition) is 5. The Balaban J connectivity index is 2.30. The first kappa shape index (κ1) is 17.1. The fourth-order valence-electron chi connectivity index (χ4n) is 2.92. The summed E-state index contributed by atoms with van der Waals surface area (Å²) in [5.74, 6) is -2.51. The van der Waals surface area contributed by atoms with Crippen molar-refractivity contribution in [3.63, 3.8) is 0 Å². The predicted octanol–water partition coefficient (Wildman–Crippen LogP) is 1.46. The lowest BCUT2D eigenvalue weighted by Gasteiger charge is -2.34. The molecule has 0 amide bonds. The molecule has 23 heavy (non-hydrogen) atoms. The molecule has 1 aromatic carbocycles. The summed E-state index contributed by atoms with van der Waals surface area (Å²) in [5, 5.41) is 10.6. The number of aliphatic imine (C=N–C) groups is 1. The zero-order valence-electron chi connectivity index (χ0n) is 13.4. The number of aliphatic carboxylic acids is 1. The van der Waals surface area contributed by atoms with Crippen molar-refractivity contribution >= 4 is 23.2 Å². The van der Waals surface area contributed by atoms with Gasteiger partial charge in [-0.1, -0.05) is 44.2 Å². The third-order valence-corrected chi connectivity index (χ3v) is 3.92. The van der Waals surface area contributed by atoms with Crippen molar-refractivity contribution in [2.45, 2.75) is 33.1 Å². The van der Waals surface area contributed by atoms with E-state index in [0.717, 1.165) is 0 Å². The topological polar surface area (TPSA) is 86.6 Å². The molecule has 1 aliphatic rings. The third kappa shape index (κ3) is 4.34. The summed E-state index contributed by atoms with van der Waals surface area (Å²) in [6.07, 6.45) is 0.606. The van der Waals surface area contributed by atoms with Gasteiger partial charge in [0.25, 0.3) is 0 Å². The van der Waals surface area contributed by atoms with Crippen molar-refractivity contribution in [3.05, 3.63) is 35.9 Å². The number of benzene rings is 1. The van der Waals surface area contributed by atoms with Gasteiger partial charge in [0.05, 0.1) is 0 Å². The van der Waals surface area contributed by atoms with E-state index >= 15 is 0 Å². The highest BCUT2D eigenvalue weighted by Gasteiger charge is 2.41. The van der Waals surface area contributed by atoms with Gasteiger partial charge in [-0.15, -0.1) is 0 Å². The number of carboxylic acid groups (broad SMARTS) is 1. The van der Waals surface area contributed by atoms with Crippen LogP contribution in [-0.4, -0.2) is 29.8 Å². The summed E-state index contributed by atoms with van der Waals surface area (Å²) in [5.41, 5.74) is 0.685. The van der Waals surface area contributed by atoms with E-state index in [1.54, 1.807) is 30.3 Å². The SMILES string of the molecule is CC1(C)CC(=O)C(C(=O)c2ccccc2)C(=NCCC(=O)[O-])C1. The molecule has 0 aliphatic heterocycles. The van der Waals surface area contributed by atoms with E-state index in [9.17, 15) is 19.5 Å². The van der Waals surface area contributed by atoms with Gasteiger partial charge in [-0.05, 0) is 11.8 Å². The molecule has 1 aliphatic carbocycles. The minimum atomic E-state index is -1.19. The fraction of sp³-hybridized carbons (Fsp3) is 0.444. The molecule has 0 N–H and O–H groups in total. The van der Waals surface area contributed by atoms with Crippen LogP contribution in [0.3, 0.4) is 0 Å². The molecule has 5 heteroatoms. The normalized spacial score (nSPS) is 22.1. The predicted molar refractivity (Wildman–Crippen MR) is 84.2 cm³/mol. The van der Waals surface area contributed by atoms with Crippen LogP contribution in [0.2, 0.25) is 0 Å². The number of hydrogen-bond donors (Lipinski definition) is 0. The Kier molecular flexibility index (Phi) is 5.08. The van der Waals surface area contributed by atoms with Crippen LogP contribution in [0.4, 0.5) is 0 Å². The third-order valence-electron chi connectivity index (χ3n) is 3.92. The molecule has 1 atom stereocenters. The average Bonchev–Trinajstić information content (AvgIpc) is 2.46. The molecule has 0 heterocycles. The number of carboxylic acids is 1. The van der Waals surface area contributed by atoms with Crippen molar-refractivity contribution in [1.82, 2.24) is 0 Å². The maximum atomic E-state index is 12.7. The molecule has 1 aromatic rings. The van der Waals surface area contributed by atoms with Gasteiger partial charge in [0.2, 0.25) is 0 Å². The summed E-state index contributed by atoms with van der Waals surface area (Å²) in [6.45, 7) is 3.92. The van der Waals surface area contributed by atoms with E-state index in [4.69, 9.17) is 0 Å². The lowest BCUT2D eigenvalue weighted by Crippen LogP contribution is -2.42. The Labute approximate surface area is 135 Å². The minimum Gasteiger partial charge on any atom is -0.550 e. The second-order valence-corrected chi connectivity index (χ2v) is 6.64. The summed E-state index contributed by atoms with van der Waals surface area (Å²) in [4.78, 5) is 40.0. The van der Waals surface area contributed by atoms with Crippen LogP contribution in [0.15, 0.2) is 35.3 Å². The van der Waals surface area contributed by atoms with Gasteiger partial charge < -0.3 is 9.90 Å². The van der Waals surface area contributed by atoms with Gasteiger partial charge in [0.15, 0.2) is 5.78 Å². The molecule has 0 bridgehead atoms. The van der Waals surface area contributed by atoms with Crippen molar-refractivity contribution in [1.29, 1.82) is 0 Å². The van der Waals surface area contributed by atoms with E-state index in [1.807, 2.05) is 13.8 Å². The first-order chi connectivity index (χ1) is 10.8. The highest BCUT2D eigenvalue weighted by atomic mass is 16.4. The van der Waals surface area contributed by atoms with E-state index < -0.39 is 11.9 Å². The van der Waals surface area contributed by atoms with Gasteiger partial charge in [-0.25, -0.2) is 0 Å². The zero-order valence-corrected chi connectivity index (χ0v) is 13.4. The Morgan fingerprint density at radius 1 is 1.22 bits per heavy atom. The van der Waals surface area contributed by atoms with Gasteiger partial charge >= 0.3 is 0 Å². The Morgan fingerprint density at radius 3 is 2.48 bits per heavy atom. The van der Waals surface area contributed by atoms with Crippen molar-refractivity contribution in [3.8, 4) is 0 Å². The molecule has 1 fully saturated rings. The van der Waals surface area contributed by atoms with E-state index in [2.05, 4.69) is 4.99 Å². The largest absolute Gasteiger partial charge is 0.550 e. The van der Waals surface area contributed by atoms with Crippen molar-refractivity contribution in [2.24, 2.45) is 16.3 Å². The van der Waals surface area contributed by atoms with Crippen LogP contribution in [0.1, 0.15) is 43.5 Å². The number of nitrogens with zero attached hydrogens (tertiary/aromatic N) is 1. The first-order valence-corrected chi connectivity index (χ1v) is 7.65. The molecule has 1 saturated carbocycles. The molecule has 0 saturated heterocycles. The maximum absolute atomic E-state index is 12.7. The smallest absolute Gasteiger partial charge is 0.178 e. The van der Waals surface area contributed by atoms with Gasteiger partial charge in [0, 0.05) is 36.6 Å². The van der Waals surface area contributed by atoms with Gasteiger partial charge in [-0.2, -0.15) is 0 Å². The highest BCUT2D eigenvalue weighted by Crippen LogP contribution is 2.35. The lowest BCUT2D eigenvalue weighted by molar-refractivity contribution is -0.305. The quantitative estimate of drug-likeness (QED) is 0.608. The first-order valence-electron chi connectivity index (χ1n) is 7.65. The van der Waals surface area contributed by atoms with E-state index in [-0.39, 0.29) is 29.9 Å². The molecular formula is C18H20NO4-. The highest BCUT2D eigenvalue weighted by molar-refractivity contribution is 6.26. The maximum Gasteiger partial charge on any atom is 0.178 e. The molecule has 0 aromatic heterocycles. The Morgan fingerprint density at radius 2 is 1.87 bits per heavy atom. The molecule has 0 spiro atoms. The van der Waals surface area contributed by atoms with Crippen LogP contribution < -0.4 is 5.11 Å². The second kappa shape index (κ2) is 6.86. The fourth-order valence-corrected chi connectivity index (χ4v) is 2.92. The molecule has 122 valence electrons.